The van der Waals surface area contributed by atoms with E-state index in [1.165, 1.54) is 289 Å². The molecule has 0 heterocycles. The lowest BCUT2D eigenvalue weighted by Crippen LogP contribution is -2.30. The number of rotatable bonds is 67. The molecule has 0 fully saturated rings. The lowest BCUT2D eigenvalue weighted by atomic mass is 10.0. The van der Waals surface area contributed by atoms with Crippen molar-refractivity contribution in [3.05, 3.63) is 36.5 Å². The summed E-state index contributed by atoms with van der Waals surface area (Å²) in [7, 11) is 0. The summed E-state index contributed by atoms with van der Waals surface area (Å²) in [5, 5.41) is 0. The molecule has 0 N–H and O–H groups in total. The normalized spacial score (nSPS) is 12.2. The summed E-state index contributed by atoms with van der Waals surface area (Å²) in [5.74, 6) is -0.848. The number of carbonyl (C=O) groups excluding carboxylic acids is 3. The highest BCUT2D eigenvalue weighted by Crippen LogP contribution is 2.19. The molecule has 1 unspecified atom stereocenters. The molecule has 0 saturated heterocycles. The summed E-state index contributed by atoms with van der Waals surface area (Å²) in [6.45, 7) is 6.68. The third-order valence-corrected chi connectivity index (χ3v) is 16.4. The molecule has 80 heavy (non-hydrogen) atoms. The van der Waals surface area contributed by atoms with Crippen LogP contribution in [0.25, 0.3) is 0 Å². The Balaban J connectivity index is 4.18. The standard InChI is InChI=1S/C74H138O6/c1-4-7-10-13-16-19-22-25-27-29-31-33-34-35-36-37-38-39-40-41-43-44-46-49-52-55-58-61-64-67-73(76)79-70-71(69-78-72(75)66-63-60-57-54-51-48-24-21-18-15-12-9-6-3)80-74(77)68-65-62-59-56-53-50-47-45-42-32-30-28-26-23-20-17-14-11-8-5-2/h21-22,24-25,29,31,71H,4-20,23,26-28,30,32-70H2,1-3H3/b24-21-,25-22-,31-29-. The number of carbonyl (C=O) groups is 3. The molecule has 0 radical (unpaired) electrons. The van der Waals surface area contributed by atoms with Gasteiger partial charge in [0.2, 0.25) is 0 Å². The Morgan fingerprint density at radius 3 is 0.713 bits per heavy atom. The Kier molecular flexibility index (Phi) is 67.1. The maximum Gasteiger partial charge on any atom is 0.306 e. The van der Waals surface area contributed by atoms with Gasteiger partial charge in [0.15, 0.2) is 6.10 Å². The molecule has 0 aliphatic rings. The van der Waals surface area contributed by atoms with Crippen molar-refractivity contribution in [1.82, 2.24) is 0 Å². The minimum absolute atomic E-state index is 0.0689. The number of hydrogen-bond donors (Lipinski definition) is 0. The summed E-state index contributed by atoms with van der Waals surface area (Å²) in [4.78, 5) is 38.4. The molecular weight excluding hydrogens is 985 g/mol. The summed E-state index contributed by atoms with van der Waals surface area (Å²) in [6.07, 6.45) is 86.1. The van der Waals surface area contributed by atoms with Gasteiger partial charge in [-0.05, 0) is 77.0 Å². The van der Waals surface area contributed by atoms with E-state index < -0.39 is 6.10 Å². The summed E-state index contributed by atoms with van der Waals surface area (Å²) >= 11 is 0. The van der Waals surface area contributed by atoms with Crippen LogP contribution in [0, 0.1) is 0 Å². The summed E-state index contributed by atoms with van der Waals surface area (Å²) < 4.78 is 17.0. The quantitative estimate of drug-likeness (QED) is 0.0261. The van der Waals surface area contributed by atoms with E-state index in [0.29, 0.717) is 19.3 Å². The van der Waals surface area contributed by atoms with Crippen LogP contribution in [0.5, 0.6) is 0 Å². The molecular formula is C74H138O6. The van der Waals surface area contributed by atoms with E-state index in [0.717, 1.165) is 70.6 Å². The van der Waals surface area contributed by atoms with Crippen LogP contribution < -0.4 is 0 Å². The van der Waals surface area contributed by atoms with E-state index in [1.807, 2.05) is 0 Å². The average Bonchev–Trinajstić information content (AvgIpc) is 3.46. The maximum absolute atomic E-state index is 12.9. The minimum Gasteiger partial charge on any atom is -0.462 e. The van der Waals surface area contributed by atoms with Crippen LogP contribution >= 0.6 is 0 Å². The van der Waals surface area contributed by atoms with Crippen molar-refractivity contribution < 1.29 is 28.6 Å². The first-order chi connectivity index (χ1) is 39.5. The molecule has 0 aromatic heterocycles. The van der Waals surface area contributed by atoms with Gasteiger partial charge >= 0.3 is 17.9 Å². The lowest BCUT2D eigenvalue weighted by molar-refractivity contribution is -0.167. The molecule has 0 aliphatic carbocycles. The van der Waals surface area contributed by atoms with Crippen molar-refractivity contribution in [1.29, 1.82) is 0 Å². The summed E-state index contributed by atoms with van der Waals surface area (Å²) in [6, 6.07) is 0. The Morgan fingerprint density at radius 1 is 0.250 bits per heavy atom. The molecule has 0 rings (SSSR count). The van der Waals surface area contributed by atoms with Crippen molar-refractivity contribution in [2.24, 2.45) is 0 Å². The first-order valence-electron chi connectivity index (χ1n) is 36.0. The van der Waals surface area contributed by atoms with Gasteiger partial charge in [0.25, 0.3) is 0 Å². The molecule has 1 atom stereocenters. The highest BCUT2D eigenvalue weighted by atomic mass is 16.6. The predicted octanol–water partition coefficient (Wildman–Crippen LogP) is 24.7. The molecule has 0 saturated carbocycles. The molecule has 6 heteroatoms. The van der Waals surface area contributed by atoms with Gasteiger partial charge in [-0.3, -0.25) is 14.4 Å². The van der Waals surface area contributed by atoms with Crippen molar-refractivity contribution in [3.63, 3.8) is 0 Å². The van der Waals surface area contributed by atoms with E-state index in [2.05, 4.69) is 57.2 Å². The highest BCUT2D eigenvalue weighted by Gasteiger charge is 2.19. The molecule has 0 aromatic rings. The Hall–Kier alpha value is -2.37. The topological polar surface area (TPSA) is 78.9 Å². The number of esters is 3. The number of hydrogen-bond acceptors (Lipinski definition) is 6. The second kappa shape index (κ2) is 69.1. The zero-order valence-corrected chi connectivity index (χ0v) is 54.1. The van der Waals surface area contributed by atoms with Crippen LogP contribution in [0.4, 0.5) is 0 Å². The Bertz CT molecular complexity index is 1340. The van der Waals surface area contributed by atoms with Crippen LogP contribution in [0.15, 0.2) is 36.5 Å². The largest absolute Gasteiger partial charge is 0.462 e. The SMILES string of the molecule is CCCCCC/C=C\CCCCCCCC(=O)OCC(COC(=O)CCCCCCCCCCCCCCCCCCC/C=C\C/C=C\CCCCCCC)OC(=O)CCCCCCCCCCCCCCCCCCCCCC. The average molecular weight is 1120 g/mol. The van der Waals surface area contributed by atoms with Crippen molar-refractivity contribution in [2.75, 3.05) is 13.2 Å². The van der Waals surface area contributed by atoms with Crippen LogP contribution in [0.1, 0.15) is 400 Å². The highest BCUT2D eigenvalue weighted by molar-refractivity contribution is 5.71. The van der Waals surface area contributed by atoms with Crippen LogP contribution in [-0.4, -0.2) is 37.2 Å². The van der Waals surface area contributed by atoms with Gasteiger partial charge in [-0.15, -0.1) is 0 Å². The zero-order chi connectivity index (χ0) is 57.8. The van der Waals surface area contributed by atoms with Gasteiger partial charge in [0.1, 0.15) is 13.2 Å². The van der Waals surface area contributed by atoms with Crippen molar-refractivity contribution in [3.8, 4) is 0 Å². The molecule has 0 bridgehead atoms. The molecule has 470 valence electrons. The smallest absolute Gasteiger partial charge is 0.306 e. The number of allylic oxidation sites excluding steroid dienone is 6. The number of ether oxygens (including phenoxy) is 3. The third-order valence-electron chi connectivity index (χ3n) is 16.4. The Labute approximate surface area is 499 Å². The van der Waals surface area contributed by atoms with E-state index >= 15 is 0 Å². The van der Waals surface area contributed by atoms with Crippen LogP contribution in [0.2, 0.25) is 0 Å². The van der Waals surface area contributed by atoms with Gasteiger partial charge in [-0.2, -0.15) is 0 Å². The second-order valence-electron chi connectivity index (χ2n) is 24.5. The number of unbranched alkanes of at least 4 members (excludes halogenated alkanes) is 50. The molecule has 6 nitrogen and oxygen atoms in total. The fourth-order valence-electron chi connectivity index (χ4n) is 10.9. The van der Waals surface area contributed by atoms with E-state index in [9.17, 15) is 14.4 Å². The summed E-state index contributed by atoms with van der Waals surface area (Å²) in [5.41, 5.74) is 0. The van der Waals surface area contributed by atoms with E-state index in [1.54, 1.807) is 0 Å². The minimum atomic E-state index is -0.773. The lowest BCUT2D eigenvalue weighted by Gasteiger charge is -2.18. The molecule has 0 aliphatic heterocycles. The molecule has 0 spiro atoms. The first kappa shape index (κ1) is 77.6. The van der Waals surface area contributed by atoms with Crippen molar-refractivity contribution >= 4 is 17.9 Å². The van der Waals surface area contributed by atoms with Gasteiger partial charge in [-0.1, -0.05) is 340 Å². The first-order valence-corrected chi connectivity index (χ1v) is 36.0. The zero-order valence-electron chi connectivity index (χ0n) is 54.1. The predicted molar refractivity (Wildman–Crippen MR) is 349 cm³/mol. The fraction of sp³-hybridized carbons (Fsp3) is 0.878. The van der Waals surface area contributed by atoms with Gasteiger partial charge < -0.3 is 14.2 Å². The van der Waals surface area contributed by atoms with Crippen LogP contribution in [0.3, 0.4) is 0 Å². The second-order valence-corrected chi connectivity index (χ2v) is 24.5. The van der Waals surface area contributed by atoms with Gasteiger partial charge in [0.05, 0.1) is 0 Å². The third kappa shape index (κ3) is 66.4. The maximum atomic E-state index is 12.9. The van der Waals surface area contributed by atoms with Gasteiger partial charge in [0, 0.05) is 19.3 Å². The molecule has 0 aromatic carbocycles. The monoisotopic (exact) mass is 1120 g/mol. The van der Waals surface area contributed by atoms with E-state index in [4.69, 9.17) is 14.2 Å². The van der Waals surface area contributed by atoms with Crippen LogP contribution in [-0.2, 0) is 28.6 Å². The van der Waals surface area contributed by atoms with Gasteiger partial charge in [-0.25, -0.2) is 0 Å². The molecule has 0 amide bonds. The fourth-order valence-corrected chi connectivity index (χ4v) is 10.9. The Morgan fingerprint density at radius 2 is 0.450 bits per heavy atom. The van der Waals surface area contributed by atoms with Crippen molar-refractivity contribution in [2.45, 2.75) is 406 Å². The van der Waals surface area contributed by atoms with E-state index in [-0.39, 0.29) is 31.1 Å².